The van der Waals surface area contributed by atoms with E-state index in [1.54, 1.807) is 6.07 Å². The van der Waals surface area contributed by atoms with Crippen LogP contribution in [-0.4, -0.2) is 53.4 Å². The Morgan fingerprint density at radius 1 is 1.44 bits per heavy atom. The van der Waals surface area contributed by atoms with Crippen LogP contribution in [0.2, 0.25) is 0 Å². The van der Waals surface area contributed by atoms with Crippen molar-refractivity contribution >= 4 is 32.9 Å². The van der Waals surface area contributed by atoms with Crippen molar-refractivity contribution in [3.63, 3.8) is 0 Å². The van der Waals surface area contributed by atoms with E-state index in [1.807, 2.05) is 25.1 Å². The Kier molecular flexibility index (Phi) is 3.93. The maximum absolute atomic E-state index is 12.1. The van der Waals surface area contributed by atoms with Gasteiger partial charge in [-0.2, -0.15) is 15.4 Å². The van der Waals surface area contributed by atoms with Crippen LogP contribution in [0.15, 0.2) is 16.6 Å². The predicted molar refractivity (Wildman–Crippen MR) is 72.5 cm³/mol. The zero-order chi connectivity index (χ0) is 13.1. The van der Waals surface area contributed by atoms with E-state index in [0.29, 0.717) is 23.1 Å². The normalized spacial score (nSPS) is 11.1. The van der Waals surface area contributed by atoms with E-state index in [0.717, 1.165) is 11.0 Å². The molecule has 96 valence electrons. The molecule has 7 heteroatoms. The Morgan fingerprint density at radius 2 is 2.22 bits per heavy atom. The molecule has 18 heavy (non-hydrogen) atoms. The van der Waals surface area contributed by atoms with Gasteiger partial charge in [-0.25, -0.2) is 0 Å². The third-order valence-electron chi connectivity index (χ3n) is 2.48. The summed E-state index contributed by atoms with van der Waals surface area (Å²) in [5, 5.41) is 13.4. The molecule has 1 heterocycles. The van der Waals surface area contributed by atoms with E-state index in [9.17, 15) is 4.79 Å². The zero-order valence-corrected chi connectivity index (χ0v) is 11.8. The van der Waals surface area contributed by atoms with Crippen LogP contribution in [0.1, 0.15) is 10.4 Å². The van der Waals surface area contributed by atoms with Crippen LogP contribution in [0.3, 0.4) is 0 Å². The van der Waals surface area contributed by atoms with Crippen molar-refractivity contribution in [1.29, 1.82) is 0 Å². The van der Waals surface area contributed by atoms with Gasteiger partial charge in [0.2, 0.25) is 0 Å². The van der Waals surface area contributed by atoms with Gasteiger partial charge in [-0.15, -0.1) is 0 Å². The Balaban J connectivity index is 2.19. The summed E-state index contributed by atoms with van der Waals surface area (Å²) in [6, 6.07) is 3.56. The van der Waals surface area contributed by atoms with Gasteiger partial charge in [0.05, 0.1) is 5.56 Å². The third-order valence-corrected chi connectivity index (χ3v) is 2.93. The van der Waals surface area contributed by atoms with Crippen molar-refractivity contribution in [2.45, 2.75) is 0 Å². The maximum atomic E-state index is 12.1. The molecule has 0 bridgehead atoms. The van der Waals surface area contributed by atoms with Crippen LogP contribution in [0, 0.1) is 0 Å². The molecule has 0 unspecified atom stereocenters. The monoisotopic (exact) mass is 311 g/mol. The molecule has 0 saturated carbocycles. The van der Waals surface area contributed by atoms with Gasteiger partial charge in [-0.1, -0.05) is 15.9 Å². The lowest BCUT2D eigenvalue weighted by Gasteiger charge is -2.10. The number of nitrogens with zero attached hydrogens (tertiary/aromatic N) is 3. The molecule has 0 aliphatic heterocycles. The number of nitrogens with one attached hydrogen (secondary N) is 2. The topological polar surface area (TPSA) is 73.9 Å². The number of hydrogen-bond acceptors (Lipinski definition) is 4. The fourth-order valence-corrected chi connectivity index (χ4v) is 2.02. The van der Waals surface area contributed by atoms with Crippen LogP contribution < -0.4 is 5.32 Å². The summed E-state index contributed by atoms with van der Waals surface area (Å²) in [4.78, 5) is 14.1. The summed E-state index contributed by atoms with van der Waals surface area (Å²) >= 11 is 3.36. The molecular weight excluding hydrogens is 298 g/mol. The number of likely N-dealkylation sites (N-methyl/N-ethyl adjacent to an activating group) is 1. The fourth-order valence-electron chi connectivity index (χ4n) is 1.58. The largest absolute Gasteiger partial charge is 0.351 e. The summed E-state index contributed by atoms with van der Waals surface area (Å²) in [5.74, 6) is -0.142. The van der Waals surface area contributed by atoms with Crippen LogP contribution in [0.25, 0.3) is 11.0 Å². The molecule has 2 aromatic rings. The first-order valence-corrected chi connectivity index (χ1v) is 6.30. The number of hydrogen-bond donors (Lipinski definition) is 2. The number of aromatic amines is 1. The highest BCUT2D eigenvalue weighted by Gasteiger charge is 2.13. The summed E-state index contributed by atoms with van der Waals surface area (Å²) in [7, 11) is 3.92. The third kappa shape index (κ3) is 2.85. The smallest absolute Gasteiger partial charge is 0.253 e. The summed E-state index contributed by atoms with van der Waals surface area (Å²) < 4.78 is 0.807. The standard InChI is InChI=1S/C11H14BrN5O/c1-17(2)4-3-13-11(18)8-5-7(12)6-9-10(8)15-16-14-9/h5-6H,3-4H2,1-2H3,(H,13,18)(H,14,15,16). The zero-order valence-electron chi connectivity index (χ0n) is 10.2. The number of halogens is 1. The van der Waals surface area contributed by atoms with Crippen molar-refractivity contribution < 1.29 is 4.79 Å². The van der Waals surface area contributed by atoms with Crippen LogP contribution in [0.4, 0.5) is 0 Å². The molecule has 1 aromatic carbocycles. The summed E-state index contributed by atoms with van der Waals surface area (Å²) in [5.41, 5.74) is 1.77. The van der Waals surface area contributed by atoms with Crippen LogP contribution in [0.5, 0.6) is 0 Å². The number of fused-ring (bicyclic) bond motifs is 1. The molecule has 0 radical (unpaired) electrons. The molecule has 1 aromatic heterocycles. The average Bonchev–Trinajstić information content (AvgIpc) is 2.74. The van der Waals surface area contributed by atoms with Gasteiger partial charge < -0.3 is 10.2 Å². The minimum atomic E-state index is -0.142. The number of benzene rings is 1. The van der Waals surface area contributed by atoms with Gasteiger partial charge in [0.15, 0.2) is 0 Å². The molecule has 0 saturated heterocycles. The van der Waals surface area contributed by atoms with Crippen molar-refractivity contribution in [3.05, 3.63) is 22.2 Å². The molecule has 0 fully saturated rings. The van der Waals surface area contributed by atoms with Gasteiger partial charge in [-0.3, -0.25) is 4.79 Å². The van der Waals surface area contributed by atoms with Crippen molar-refractivity contribution in [3.8, 4) is 0 Å². The number of carbonyl (C=O) groups is 1. The SMILES string of the molecule is CN(C)CCNC(=O)c1cc(Br)cc2n[nH]nc12. The summed E-state index contributed by atoms with van der Waals surface area (Å²) in [6.07, 6.45) is 0. The van der Waals surface area contributed by atoms with Crippen LogP contribution in [-0.2, 0) is 0 Å². The molecule has 1 amide bonds. The van der Waals surface area contributed by atoms with Gasteiger partial charge in [0.25, 0.3) is 5.91 Å². The number of H-pyrrole nitrogens is 1. The maximum Gasteiger partial charge on any atom is 0.253 e. The van der Waals surface area contributed by atoms with Gasteiger partial charge in [-0.05, 0) is 26.2 Å². The highest BCUT2D eigenvalue weighted by atomic mass is 79.9. The second-order valence-corrected chi connectivity index (χ2v) is 5.12. The van der Waals surface area contributed by atoms with E-state index in [1.165, 1.54) is 0 Å². The number of rotatable bonds is 4. The second kappa shape index (κ2) is 5.45. The van der Waals surface area contributed by atoms with E-state index < -0.39 is 0 Å². The number of aromatic nitrogens is 3. The van der Waals surface area contributed by atoms with E-state index in [2.05, 4.69) is 36.7 Å². The fraction of sp³-hybridized carbons (Fsp3) is 0.364. The van der Waals surface area contributed by atoms with Gasteiger partial charge in [0.1, 0.15) is 11.0 Å². The lowest BCUT2D eigenvalue weighted by Crippen LogP contribution is -2.31. The van der Waals surface area contributed by atoms with E-state index in [4.69, 9.17) is 0 Å². The second-order valence-electron chi connectivity index (χ2n) is 4.20. The quantitative estimate of drug-likeness (QED) is 0.884. The molecule has 2 rings (SSSR count). The molecule has 0 aliphatic rings. The highest BCUT2D eigenvalue weighted by Crippen LogP contribution is 2.20. The molecular formula is C11H14BrN5O. The molecule has 0 spiro atoms. The first-order chi connectivity index (χ1) is 8.58. The highest BCUT2D eigenvalue weighted by molar-refractivity contribution is 9.10. The van der Waals surface area contributed by atoms with Crippen molar-refractivity contribution in [2.24, 2.45) is 0 Å². The molecule has 6 nitrogen and oxygen atoms in total. The first-order valence-electron chi connectivity index (χ1n) is 5.51. The Bertz CT molecular complexity index is 566. The van der Waals surface area contributed by atoms with Crippen LogP contribution >= 0.6 is 15.9 Å². The number of amides is 1. The van der Waals surface area contributed by atoms with Crippen molar-refractivity contribution in [1.82, 2.24) is 25.6 Å². The minimum Gasteiger partial charge on any atom is -0.351 e. The van der Waals surface area contributed by atoms with Crippen molar-refractivity contribution in [2.75, 3.05) is 27.2 Å². The number of carbonyl (C=O) groups excluding carboxylic acids is 1. The Labute approximate surface area is 113 Å². The van der Waals surface area contributed by atoms with E-state index in [-0.39, 0.29) is 5.91 Å². The molecule has 0 atom stereocenters. The summed E-state index contributed by atoms with van der Waals surface area (Å²) in [6.45, 7) is 1.39. The Hall–Kier alpha value is -1.47. The first kappa shape index (κ1) is 13.0. The van der Waals surface area contributed by atoms with Gasteiger partial charge >= 0.3 is 0 Å². The lowest BCUT2D eigenvalue weighted by atomic mass is 10.1. The van der Waals surface area contributed by atoms with E-state index >= 15 is 0 Å². The average molecular weight is 312 g/mol. The lowest BCUT2D eigenvalue weighted by molar-refractivity contribution is 0.0952. The predicted octanol–water partition coefficient (Wildman–Crippen LogP) is 1.01. The molecule has 0 aliphatic carbocycles. The Morgan fingerprint density at radius 3 is 2.94 bits per heavy atom. The van der Waals surface area contributed by atoms with Gasteiger partial charge in [0, 0.05) is 17.6 Å². The molecule has 2 N–H and O–H groups in total. The minimum absolute atomic E-state index is 0.142.